The Hall–Kier alpha value is -2.79. The molecule has 1 aromatic carbocycles. The van der Waals surface area contributed by atoms with Gasteiger partial charge >= 0.3 is 5.97 Å². The highest BCUT2D eigenvalue weighted by atomic mass is 16.5. The van der Waals surface area contributed by atoms with Gasteiger partial charge in [-0.05, 0) is 30.4 Å². The molecule has 5 N–H and O–H groups in total. The van der Waals surface area contributed by atoms with E-state index in [1.807, 2.05) is 20.8 Å². The van der Waals surface area contributed by atoms with Gasteiger partial charge < -0.3 is 35.4 Å². The number of nitrogens with one attached hydrogen (secondary N) is 2. The van der Waals surface area contributed by atoms with Crippen LogP contribution in [0, 0.1) is 5.41 Å². The van der Waals surface area contributed by atoms with Crippen molar-refractivity contribution in [3.63, 3.8) is 0 Å². The van der Waals surface area contributed by atoms with Crippen LogP contribution in [0.3, 0.4) is 0 Å². The largest absolute Gasteiger partial charge is 0.457 e. The molecule has 0 aromatic heterocycles. The zero-order valence-corrected chi connectivity index (χ0v) is 20.5. The second kappa shape index (κ2) is 12.8. The summed E-state index contributed by atoms with van der Waals surface area (Å²) in [6.45, 7) is 5.78. The topological polar surface area (TPSA) is 154 Å². The van der Waals surface area contributed by atoms with Crippen molar-refractivity contribution in [1.82, 2.24) is 10.6 Å². The van der Waals surface area contributed by atoms with Gasteiger partial charge in [0.25, 0.3) is 5.91 Å². The first kappa shape index (κ1) is 28.4. The lowest BCUT2D eigenvalue weighted by Crippen LogP contribution is -2.55. The monoisotopic (exact) mass is 492 g/mol. The number of rotatable bonds is 9. The molecule has 0 bridgehead atoms. The number of methoxy groups -OCH3 is 1. The van der Waals surface area contributed by atoms with Crippen LogP contribution in [-0.4, -0.2) is 83.3 Å². The zero-order chi connectivity index (χ0) is 26.2. The Morgan fingerprint density at radius 2 is 1.77 bits per heavy atom. The van der Waals surface area contributed by atoms with E-state index in [0.29, 0.717) is 12.0 Å². The average Bonchev–Trinajstić information content (AvgIpc) is 2.98. The van der Waals surface area contributed by atoms with Crippen LogP contribution in [-0.2, 0) is 19.1 Å². The molecule has 0 radical (unpaired) electrons. The Labute approximate surface area is 205 Å². The van der Waals surface area contributed by atoms with Crippen molar-refractivity contribution in [3.8, 4) is 0 Å². The minimum Gasteiger partial charge on any atom is -0.457 e. The summed E-state index contributed by atoms with van der Waals surface area (Å²) in [4.78, 5) is 37.5. The summed E-state index contributed by atoms with van der Waals surface area (Å²) in [5.41, 5.74) is 0.132. The summed E-state index contributed by atoms with van der Waals surface area (Å²) in [6.07, 6.45) is -3.51. The third-order valence-corrected chi connectivity index (χ3v) is 5.51. The maximum Gasteiger partial charge on any atom is 0.338 e. The van der Waals surface area contributed by atoms with Gasteiger partial charge in [-0.1, -0.05) is 51.1 Å². The van der Waals surface area contributed by atoms with Crippen molar-refractivity contribution in [2.75, 3.05) is 13.7 Å². The van der Waals surface area contributed by atoms with E-state index in [4.69, 9.17) is 9.47 Å². The van der Waals surface area contributed by atoms with Crippen LogP contribution in [0.15, 0.2) is 42.5 Å². The molecule has 10 nitrogen and oxygen atoms in total. The molecule has 2 amide bonds. The van der Waals surface area contributed by atoms with E-state index < -0.39 is 54.3 Å². The molecule has 35 heavy (non-hydrogen) atoms. The summed E-state index contributed by atoms with van der Waals surface area (Å²) >= 11 is 0. The van der Waals surface area contributed by atoms with Crippen LogP contribution in [0.2, 0.25) is 0 Å². The summed E-state index contributed by atoms with van der Waals surface area (Å²) in [5.74, 6) is -1.82. The number of carbonyl (C=O) groups is 3. The Morgan fingerprint density at radius 3 is 2.37 bits per heavy atom. The third kappa shape index (κ3) is 8.74. The zero-order valence-electron chi connectivity index (χ0n) is 20.5. The molecule has 0 saturated carbocycles. The molecule has 0 unspecified atom stereocenters. The Bertz CT molecular complexity index is 883. The van der Waals surface area contributed by atoms with Crippen LogP contribution >= 0.6 is 0 Å². The van der Waals surface area contributed by atoms with E-state index in [9.17, 15) is 29.7 Å². The average molecular weight is 493 g/mol. The van der Waals surface area contributed by atoms with E-state index >= 15 is 0 Å². The predicted molar refractivity (Wildman–Crippen MR) is 127 cm³/mol. The number of amides is 2. The quantitative estimate of drug-likeness (QED) is 0.244. The minimum atomic E-state index is -1.76. The molecule has 0 spiro atoms. The van der Waals surface area contributed by atoms with Crippen LogP contribution in [0.5, 0.6) is 0 Å². The van der Waals surface area contributed by atoms with E-state index in [1.165, 1.54) is 13.2 Å². The maximum atomic E-state index is 12.8. The fourth-order valence-corrected chi connectivity index (χ4v) is 3.49. The van der Waals surface area contributed by atoms with Gasteiger partial charge in [0.2, 0.25) is 5.91 Å². The van der Waals surface area contributed by atoms with Gasteiger partial charge in [0.1, 0.15) is 30.5 Å². The number of hydrogen-bond acceptors (Lipinski definition) is 8. The second-order valence-electron chi connectivity index (χ2n) is 9.63. The highest BCUT2D eigenvalue weighted by molar-refractivity contribution is 5.90. The number of carbonyl (C=O) groups excluding carboxylic acids is 3. The van der Waals surface area contributed by atoms with E-state index in [-0.39, 0.29) is 18.4 Å². The number of ether oxygens (including phenoxy) is 2. The standard InChI is InChI=1S/C25H36N2O8/c1-25(2,3)13-12-18(28)19(29)20(30)21(34-4)23(32)27-17-11-10-16(14-26-22(17)31)35-24(33)15-8-6-5-7-9-15/h5-9,12-13,16-21,28-30H,10-11,14H2,1-4H3,(H,26,31)(H,27,32)/b13-12+/t16-,17+,18-,19+,20-,21-/m1/s1. The van der Waals surface area contributed by atoms with Crippen LogP contribution < -0.4 is 10.6 Å². The van der Waals surface area contributed by atoms with E-state index in [0.717, 1.165) is 0 Å². The predicted octanol–water partition coefficient (Wildman–Crippen LogP) is 0.307. The molecule has 1 aliphatic rings. The molecule has 1 fully saturated rings. The summed E-state index contributed by atoms with van der Waals surface area (Å²) in [5, 5.41) is 36.1. The highest BCUT2D eigenvalue weighted by Gasteiger charge is 2.37. The maximum absolute atomic E-state index is 12.8. The molecule has 2 rings (SSSR count). The summed E-state index contributed by atoms with van der Waals surface area (Å²) < 4.78 is 10.5. The first-order valence-electron chi connectivity index (χ1n) is 11.5. The number of aliphatic hydroxyl groups excluding tert-OH is 3. The van der Waals surface area contributed by atoms with Crippen molar-refractivity contribution in [3.05, 3.63) is 48.0 Å². The fourth-order valence-electron chi connectivity index (χ4n) is 3.49. The van der Waals surface area contributed by atoms with Gasteiger partial charge in [0, 0.05) is 7.11 Å². The van der Waals surface area contributed by atoms with Gasteiger partial charge in [-0.25, -0.2) is 4.79 Å². The van der Waals surface area contributed by atoms with E-state index in [2.05, 4.69) is 10.6 Å². The van der Waals surface area contributed by atoms with Crippen molar-refractivity contribution < 1.29 is 39.2 Å². The Kier molecular flexibility index (Phi) is 10.4. The number of benzene rings is 1. The van der Waals surface area contributed by atoms with Crippen molar-refractivity contribution in [1.29, 1.82) is 0 Å². The molecule has 0 aliphatic carbocycles. The number of hydrogen-bond donors (Lipinski definition) is 5. The Balaban J connectivity index is 1.96. The fraction of sp³-hybridized carbons (Fsp3) is 0.560. The molecule has 1 aromatic rings. The number of allylic oxidation sites excluding steroid dienone is 1. The minimum absolute atomic E-state index is 0.0884. The summed E-state index contributed by atoms with van der Waals surface area (Å²) in [6, 6.07) is 7.50. The van der Waals surface area contributed by atoms with Crippen molar-refractivity contribution in [2.45, 2.75) is 70.2 Å². The molecule has 1 heterocycles. The van der Waals surface area contributed by atoms with Crippen LogP contribution in [0.25, 0.3) is 0 Å². The normalized spacial score (nSPS) is 22.4. The van der Waals surface area contributed by atoms with Gasteiger partial charge in [-0.2, -0.15) is 0 Å². The molecule has 6 atom stereocenters. The molecular weight excluding hydrogens is 456 g/mol. The summed E-state index contributed by atoms with van der Waals surface area (Å²) in [7, 11) is 1.17. The molecule has 1 saturated heterocycles. The lowest BCUT2D eigenvalue weighted by Gasteiger charge is -2.28. The number of esters is 1. The third-order valence-electron chi connectivity index (χ3n) is 5.51. The molecule has 1 aliphatic heterocycles. The first-order valence-corrected chi connectivity index (χ1v) is 11.5. The SMILES string of the molecule is CO[C@@H](C(=O)N[C@H]1CC[C@@H](OC(=O)c2ccccc2)CNC1=O)[C@H](O)[C@@H](O)[C@H](O)/C=C/C(C)(C)C. The molecule has 194 valence electrons. The van der Waals surface area contributed by atoms with Gasteiger partial charge in [0.15, 0.2) is 6.10 Å². The lowest BCUT2D eigenvalue weighted by atomic mass is 9.94. The van der Waals surface area contributed by atoms with Crippen LogP contribution in [0.1, 0.15) is 44.0 Å². The van der Waals surface area contributed by atoms with Crippen LogP contribution in [0.4, 0.5) is 0 Å². The van der Waals surface area contributed by atoms with Crippen molar-refractivity contribution >= 4 is 17.8 Å². The number of aliphatic hydroxyl groups is 3. The highest BCUT2D eigenvalue weighted by Crippen LogP contribution is 2.17. The van der Waals surface area contributed by atoms with Crippen molar-refractivity contribution in [2.24, 2.45) is 5.41 Å². The molecular formula is C25H36N2O8. The van der Waals surface area contributed by atoms with E-state index in [1.54, 1.807) is 36.4 Å². The lowest BCUT2D eigenvalue weighted by molar-refractivity contribution is -0.150. The molecule has 10 heteroatoms. The van der Waals surface area contributed by atoms with Gasteiger partial charge in [-0.15, -0.1) is 0 Å². The van der Waals surface area contributed by atoms with Gasteiger partial charge in [0.05, 0.1) is 12.1 Å². The van der Waals surface area contributed by atoms with Gasteiger partial charge in [-0.3, -0.25) is 9.59 Å². The second-order valence-corrected chi connectivity index (χ2v) is 9.63. The Morgan fingerprint density at radius 1 is 1.11 bits per heavy atom. The first-order chi connectivity index (χ1) is 16.4. The smallest absolute Gasteiger partial charge is 0.338 e.